The molecule has 0 aliphatic heterocycles. The molecule has 0 aromatic heterocycles. The van der Waals surface area contributed by atoms with Gasteiger partial charge in [0.05, 0.1) is 6.26 Å². The third-order valence-corrected chi connectivity index (χ3v) is 4.90. The lowest BCUT2D eigenvalue weighted by atomic mass is 10.1. The Labute approximate surface area is 255 Å². The van der Waals surface area contributed by atoms with Gasteiger partial charge < -0.3 is 4.74 Å². The smallest absolute Gasteiger partial charge is 0.307 e. The van der Waals surface area contributed by atoms with E-state index >= 15 is 0 Å². The summed E-state index contributed by atoms with van der Waals surface area (Å²) in [5.41, 5.74) is 5.82. The van der Waals surface area contributed by atoms with Crippen LogP contribution in [0.25, 0.3) is 18.2 Å². The molecule has 0 amide bonds. The molecule has 3 aromatic rings. The van der Waals surface area contributed by atoms with Gasteiger partial charge in [0.2, 0.25) is 0 Å². The van der Waals surface area contributed by atoms with E-state index in [1.807, 2.05) is 122 Å². The molecule has 42 heavy (non-hydrogen) atoms. The number of rotatable bonds is 9. The van der Waals surface area contributed by atoms with Gasteiger partial charge in [-0.3, -0.25) is 4.79 Å². The quantitative estimate of drug-likeness (QED) is 0.113. The molecule has 0 heterocycles. The van der Waals surface area contributed by atoms with E-state index in [1.165, 1.54) is 18.1 Å². The van der Waals surface area contributed by atoms with Crippen molar-refractivity contribution in [3.05, 3.63) is 202 Å². The maximum absolute atomic E-state index is 9.75. The Kier molecular flexibility index (Phi) is 26.7. The molecule has 0 saturated heterocycles. The van der Waals surface area contributed by atoms with Crippen molar-refractivity contribution in [1.29, 1.82) is 0 Å². The molecule has 3 aromatic carbocycles. The summed E-state index contributed by atoms with van der Waals surface area (Å²) in [5, 5.41) is 0. The van der Waals surface area contributed by atoms with E-state index in [2.05, 4.69) is 62.9 Å². The number of benzene rings is 3. The number of ether oxygens (including phenoxy) is 1. The summed E-state index contributed by atoms with van der Waals surface area (Å²) < 4.78 is 4.17. The average molecular weight is 559 g/mol. The third-order valence-electron chi connectivity index (χ3n) is 4.90. The Morgan fingerprint density at radius 1 is 0.690 bits per heavy atom. The van der Waals surface area contributed by atoms with E-state index in [0.29, 0.717) is 0 Å². The van der Waals surface area contributed by atoms with Gasteiger partial charge in [0, 0.05) is 6.92 Å². The monoisotopic (exact) mass is 558 g/mol. The highest BCUT2D eigenvalue weighted by Crippen LogP contribution is 2.10. The van der Waals surface area contributed by atoms with Crippen LogP contribution in [0.15, 0.2) is 179 Å². The normalized spacial score (nSPS) is 8.52. The zero-order valence-corrected chi connectivity index (χ0v) is 25.3. The molecule has 0 unspecified atom stereocenters. The van der Waals surface area contributed by atoms with Crippen LogP contribution in [0.2, 0.25) is 0 Å². The van der Waals surface area contributed by atoms with E-state index in [0.717, 1.165) is 29.4 Å². The molecule has 0 atom stereocenters. The van der Waals surface area contributed by atoms with Crippen LogP contribution in [0.1, 0.15) is 36.1 Å². The van der Waals surface area contributed by atoms with Crippen molar-refractivity contribution in [3.63, 3.8) is 0 Å². The Bertz CT molecular complexity index is 1220. The fourth-order valence-electron chi connectivity index (χ4n) is 2.80. The molecule has 3 rings (SSSR count). The minimum atomic E-state index is -0.329. The third kappa shape index (κ3) is 22.7. The predicted molar refractivity (Wildman–Crippen MR) is 189 cm³/mol. The number of carbonyl (C=O) groups excluding carboxylic acids is 1. The van der Waals surface area contributed by atoms with Gasteiger partial charge in [0.1, 0.15) is 0 Å². The van der Waals surface area contributed by atoms with Crippen molar-refractivity contribution in [3.8, 4) is 0 Å². The van der Waals surface area contributed by atoms with Gasteiger partial charge in [-0.05, 0) is 41.2 Å². The van der Waals surface area contributed by atoms with Crippen LogP contribution in [0.4, 0.5) is 0 Å². The highest BCUT2D eigenvalue weighted by Gasteiger charge is 1.89. The summed E-state index contributed by atoms with van der Waals surface area (Å²) in [6.45, 7) is 28.3. The number of esters is 1. The Hall–Kier alpha value is -5.21. The predicted octanol–water partition coefficient (Wildman–Crippen LogP) is 11.3. The molecule has 2 nitrogen and oxygen atoms in total. The number of carbonyl (C=O) groups is 1. The first-order valence-electron chi connectivity index (χ1n) is 13.4. The second kappa shape index (κ2) is 28.8. The standard InChI is InChI=1S/C10H10.C9H10.C9H12.C8H8.C4H6O2/c1-3-9-7-5-6-8-10(9)4-2;1-2-6-9-7-4-3-5-8-9;1-4-7-8-9(5-2)6-3;1-2-8-6-4-3-5-7-8;1-3-6-4(2)5/h3-8H,1-2H2;2-5,7-8H,1,6H2;4-8H,2-3H2,1H3;2-7H,1H2;3H,1H2,2H3. The van der Waals surface area contributed by atoms with Gasteiger partial charge in [-0.15, -0.1) is 6.58 Å². The van der Waals surface area contributed by atoms with Gasteiger partial charge in [0.15, 0.2) is 0 Å². The van der Waals surface area contributed by atoms with Crippen LogP contribution in [-0.2, 0) is 16.0 Å². The van der Waals surface area contributed by atoms with Gasteiger partial charge in [-0.2, -0.15) is 0 Å². The van der Waals surface area contributed by atoms with E-state index in [1.54, 1.807) is 12.2 Å². The lowest BCUT2D eigenvalue weighted by Gasteiger charge is -1.96. The molecule has 2 heteroatoms. The van der Waals surface area contributed by atoms with Gasteiger partial charge in [-0.1, -0.05) is 179 Å². The van der Waals surface area contributed by atoms with Gasteiger partial charge in [0.25, 0.3) is 0 Å². The molecule has 0 spiro atoms. The summed E-state index contributed by atoms with van der Waals surface area (Å²) in [6.07, 6.45) is 18.9. The first kappa shape index (κ1) is 38.9. The molecule has 218 valence electrons. The second-order valence-electron chi connectivity index (χ2n) is 8.01. The highest BCUT2D eigenvalue weighted by molar-refractivity contribution is 5.66. The highest BCUT2D eigenvalue weighted by atomic mass is 16.5. The van der Waals surface area contributed by atoms with Crippen molar-refractivity contribution in [2.24, 2.45) is 0 Å². The van der Waals surface area contributed by atoms with Crippen LogP contribution in [0.5, 0.6) is 0 Å². The van der Waals surface area contributed by atoms with Crippen molar-refractivity contribution in [2.45, 2.75) is 20.3 Å². The largest absolute Gasteiger partial charge is 0.435 e. The zero-order chi connectivity index (χ0) is 31.8. The molecule has 0 aliphatic rings. The Morgan fingerprint density at radius 3 is 1.48 bits per heavy atom. The van der Waals surface area contributed by atoms with Crippen molar-refractivity contribution >= 4 is 24.2 Å². The SMILES string of the molecule is C=CC(C=C)=CC=CC.C=CCc1ccccc1.C=COC(C)=O.C=Cc1ccccc1.C=Cc1ccccc1C=C. The van der Waals surface area contributed by atoms with Crippen LogP contribution in [-0.4, -0.2) is 5.97 Å². The fourth-order valence-corrected chi connectivity index (χ4v) is 2.80. The van der Waals surface area contributed by atoms with Crippen molar-refractivity contribution in [1.82, 2.24) is 0 Å². The number of hydrogen-bond acceptors (Lipinski definition) is 2. The molecular weight excluding hydrogens is 512 g/mol. The molecule has 0 fully saturated rings. The maximum atomic E-state index is 9.75. The van der Waals surface area contributed by atoms with Crippen LogP contribution in [0.3, 0.4) is 0 Å². The average Bonchev–Trinajstić information content (AvgIpc) is 3.04. The molecule has 0 bridgehead atoms. The molecule has 0 radical (unpaired) electrons. The van der Waals surface area contributed by atoms with Gasteiger partial charge >= 0.3 is 5.97 Å². The molecule has 0 saturated carbocycles. The van der Waals surface area contributed by atoms with Crippen molar-refractivity contribution in [2.75, 3.05) is 0 Å². The first-order chi connectivity index (χ1) is 20.4. The fraction of sp³-hybridized carbons (Fsp3) is 0.0750. The minimum Gasteiger partial charge on any atom is -0.435 e. The maximum Gasteiger partial charge on any atom is 0.307 e. The Balaban J connectivity index is 0. The Morgan fingerprint density at radius 2 is 1.17 bits per heavy atom. The van der Waals surface area contributed by atoms with Crippen LogP contribution < -0.4 is 0 Å². The molecular formula is C40H46O2. The van der Waals surface area contributed by atoms with Crippen molar-refractivity contribution < 1.29 is 9.53 Å². The first-order valence-corrected chi connectivity index (χ1v) is 13.4. The number of hydrogen-bond donors (Lipinski definition) is 0. The van der Waals surface area contributed by atoms with E-state index in [-0.39, 0.29) is 5.97 Å². The molecule has 0 aliphatic carbocycles. The van der Waals surface area contributed by atoms with Gasteiger partial charge in [-0.25, -0.2) is 0 Å². The summed E-state index contributed by atoms with van der Waals surface area (Å²) >= 11 is 0. The van der Waals surface area contributed by atoms with E-state index in [4.69, 9.17) is 0 Å². The number of allylic oxidation sites excluding steroid dienone is 7. The summed E-state index contributed by atoms with van der Waals surface area (Å²) in [6, 6.07) is 28.3. The van der Waals surface area contributed by atoms with E-state index in [9.17, 15) is 4.79 Å². The van der Waals surface area contributed by atoms with Crippen LogP contribution >= 0.6 is 0 Å². The second-order valence-corrected chi connectivity index (χ2v) is 8.01. The summed E-state index contributed by atoms with van der Waals surface area (Å²) in [4.78, 5) is 9.75. The lowest BCUT2D eigenvalue weighted by Crippen LogP contribution is -1.87. The van der Waals surface area contributed by atoms with Crippen LogP contribution in [0, 0.1) is 0 Å². The minimum absolute atomic E-state index is 0.329. The lowest BCUT2D eigenvalue weighted by molar-refractivity contribution is -0.135. The summed E-state index contributed by atoms with van der Waals surface area (Å²) in [7, 11) is 0. The summed E-state index contributed by atoms with van der Waals surface area (Å²) in [5.74, 6) is -0.329. The topological polar surface area (TPSA) is 26.3 Å². The molecule has 0 N–H and O–H groups in total. The van der Waals surface area contributed by atoms with E-state index < -0.39 is 0 Å². The zero-order valence-electron chi connectivity index (χ0n) is 25.3.